The number of phenols is 1. The summed E-state index contributed by atoms with van der Waals surface area (Å²) in [6, 6.07) is 2.74. The van der Waals surface area contributed by atoms with Crippen LogP contribution in [-0.4, -0.2) is 63.9 Å². The summed E-state index contributed by atoms with van der Waals surface area (Å²) in [5.41, 5.74) is 0.681. The summed E-state index contributed by atoms with van der Waals surface area (Å²) < 4.78 is 5.97. The number of carbonyl (C=O) groups is 1. The lowest BCUT2D eigenvalue weighted by Gasteiger charge is -2.58. The van der Waals surface area contributed by atoms with Gasteiger partial charge in [0, 0.05) is 28.9 Å². The van der Waals surface area contributed by atoms with E-state index in [4.69, 9.17) is 4.74 Å². The van der Waals surface area contributed by atoms with Crippen molar-refractivity contribution in [3.8, 4) is 11.5 Å². The van der Waals surface area contributed by atoms with Gasteiger partial charge in [0.25, 0.3) is 0 Å². The average molecular weight is 317 g/mol. The van der Waals surface area contributed by atoms with Crippen LogP contribution in [0.4, 0.5) is 0 Å². The van der Waals surface area contributed by atoms with Gasteiger partial charge in [-0.15, -0.1) is 0 Å². The second-order valence-corrected chi connectivity index (χ2v) is 7.35. The maximum absolute atomic E-state index is 13.0. The molecule has 0 aromatic heterocycles. The van der Waals surface area contributed by atoms with Crippen molar-refractivity contribution in [2.45, 2.75) is 42.6 Å². The van der Waals surface area contributed by atoms with Crippen LogP contribution in [0.2, 0.25) is 0 Å². The van der Waals surface area contributed by atoms with E-state index in [0.29, 0.717) is 29.8 Å². The molecule has 3 N–H and O–H groups in total. The number of likely N-dealkylation sites (tertiary alicyclic amines) is 1. The second-order valence-electron chi connectivity index (χ2n) is 7.35. The molecule has 4 aliphatic rings. The molecule has 1 aromatic carbocycles. The third kappa shape index (κ3) is 1.35. The zero-order chi connectivity index (χ0) is 16.1. The largest absolute Gasteiger partial charge is 0.504 e. The smallest absolute Gasteiger partial charge is 0.180 e. The van der Waals surface area contributed by atoms with Gasteiger partial charge in [0.15, 0.2) is 17.3 Å². The molecule has 2 fully saturated rings. The Morgan fingerprint density at radius 1 is 1.30 bits per heavy atom. The van der Waals surface area contributed by atoms with Gasteiger partial charge in [-0.05, 0) is 32.1 Å². The van der Waals surface area contributed by atoms with Crippen molar-refractivity contribution in [1.82, 2.24) is 4.90 Å². The summed E-state index contributed by atoms with van der Waals surface area (Å²) in [7, 11) is 1.91. The number of hydrogen-bond acceptors (Lipinski definition) is 6. The van der Waals surface area contributed by atoms with Gasteiger partial charge in [-0.3, -0.25) is 9.69 Å². The molecule has 0 radical (unpaired) electrons. The fourth-order valence-corrected chi connectivity index (χ4v) is 5.60. The minimum atomic E-state index is -0.807. The summed E-state index contributed by atoms with van der Waals surface area (Å²) in [5, 5.41) is 31.4. The van der Waals surface area contributed by atoms with Crippen LogP contribution >= 0.6 is 0 Å². The second kappa shape index (κ2) is 4.06. The Morgan fingerprint density at radius 3 is 2.87 bits per heavy atom. The number of piperidine rings is 1. The van der Waals surface area contributed by atoms with Crippen LogP contribution in [0, 0.1) is 5.92 Å². The first-order valence-electron chi connectivity index (χ1n) is 8.10. The quantitative estimate of drug-likeness (QED) is 0.626. The van der Waals surface area contributed by atoms with E-state index in [-0.39, 0.29) is 23.9 Å². The predicted molar refractivity (Wildman–Crippen MR) is 79.7 cm³/mol. The van der Waals surface area contributed by atoms with Crippen LogP contribution in [0.15, 0.2) is 12.1 Å². The number of aliphatic hydroxyl groups excluding tert-OH is 2. The van der Waals surface area contributed by atoms with E-state index in [1.54, 1.807) is 6.07 Å². The molecule has 2 bridgehead atoms. The Bertz CT molecular complexity index is 734. The van der Waals surface area contributed by atoms with Crippen LogP contribution in [-0.2, 0) is 5.41 Å². The van der Waals surface area contributed by atoms with Gasteiger partial charge >= 0.3 is 0 Å². The minimum absolute atomic E-state index is 0.00172. The van der Waals surface area contributed by atoms with E-state index in [0.717, 1.165) is 0 Å². The van der Waals surface area contributed by atoms with E-state index >= 15 is 0 Å². The number of benzene rings is 1. The molecule has 1 saturated carbocycles. The van der Waals surface area contributed by atoms with Crippen molar-refractivity contribution < 1.29 is 24.9 Å². The maximum Gasteiger partial charge on any atom is 0.180 e. The number of Topliss-reactive ketones (excluding diaryl/α,β-unsaturated/α-hetero) is 1. The van der Waals surface area contributed by atoms with E-state index < -0.39 is 29.8 Å². The van der Waals surface area contributed by atoms with E-state index in [1.165, 1.54) is 6.07 Å². The lowest BCUT2D eigenvalue weighted by molar-refractivity contribution is -0.142. The zero-order valence-electron chi connectivity index (χ0n) is 12.8. The lowest BCUT2D eigenvalue weighted by atomic mass is 9.50. The first-order chi connectivity index (χ1) is 11.0. The SMILES string of the molecule is CN1CC[C@]23c4c5ccc(O)c4O[C@H]2[C@@H](O)CC(O)[C@H]3[C@H]1C5=O. The number of rotatable bonds is 0. The Kier molecular flexibility index (Phi) is 2.43. The molecule has 0 amide bonds. The molecule has 2 aliphatic heterocycles. The highest BCUT2D eigenvalue weighted by Crippen LogP contribution is 2.63. The molecule has 5 rings (SSSR count). The summed E-state index contributed by atoms with van der Waals surface area (Å²) in [5.74, 6) is -0.0124. The highest BCUT2D eigenvalue weighted by molar-refractivity contribution is 6.05. The Labute approximate surface area is 133 Å². The summed E-state index contributed by atoms with van der Waals surface area (Å²) in [6.45, 7) is 0.695. The Balaban J connectivity index is 1.87. The Morgan fingerprint density at radius 2 is 2.09 bits per heavy atom. The number of ketones is 1. The Hall–Kier alpha value is -1.63. The summed E-state index contributed by atoms with van der Waals surface area (Å²) >= 11 is 0. The van der Waals surface area contributed by atoms with Crippen LogP contribution in [0.1, 0.15) is 28.8 Å². The lowest BCUT2D eigenvalue weighted by Crippen LogP contribution is -2.71. The molecule has 6 heteroatoms. The topological polar surface area (TPSA) is 90.2 Å². The number of phenolic OH excluding ortho intramolecular Hbond substituents is 1. The fraction of sp³-hybridized carbons (Fsp3) is 0.588. The molecule has 1 saturated heterocycles. The predicted octanol–water partition coefficient (Wildman–Crippen LogP) is 0.0331. The van der Waals surface area contributed by atoms with Crippen molar-refractivity contribution in [3.63, 3.8) is 0 Å². The number of ether oxygens (including phenoxy) is 1. The maximum atomic E-state index is 13.0. The third-order valence-corrected chi connectivity index (χ3v) is 6.42. The molecule has 23 heavy (non-hydrogen) atoms. The average Bonchev–Trinajstić information content (AvgIpc) is 2.86. The number of aromatic hydroxyl groups is 1. The minimum Gasteiger partial charge on any atom is -0.504 e. The first kappa shape index (κ1) is 13.8. The standard InChI is InChI=1S/C17H19NO5/c1-18-5-4-17-11-7-2-3-8(19)15(11)23-16(17)10(21)6-9(20)12(17)13(18)14(7)22/h2-3,9-10,12-13,16,19-21H,4-6H2,1H3/t9?,10-,12-,13-,16-,17+/m0/s1. The van der Waals surface area contributed by atoms with Gasteiger partial charge in [-0.25, -0.2) is 0 Å². The van der Waals surface area contributed by atoms with Crippen LogP contribution in [0.3, 0.4) is 0 Å². The van der Waals surface area contributed by atoms with E-state index in [2.05, 4.69) is 0 Å². The van der Waals surface area contributed by atoms with Gasteiger partial charge in [0.2, 0.25) is 0 Å². The van der Waals surface area contributed by atoms with Gasteiger partial charge in [0.05, 0.1) is 18.2 Å². The molecule has 2 heterocycles. The van der Waals surface area contributed by atoms with Crippen molar-refractivity contribution in [2.24, 2.45) is 5.92 Å². The van der Waals surface area contributed by atoms with Crippen LogP contribution in [0.5, 0.6) is 11.5 Å². The van der Waals surface area contributed by atoms with Crippen molar-refractivity contribution in [3.05, 3.63) is 23.3 Å². The molecule has 6 nitrogen and oxygen atoms in total. The highest BCUT2D eigenvalue weighted by atomic mass is 16.5. The monoisotopic (exact) mass is 317 g/mol. The number of aliphatic hydroxyl groups is 2. The fourth-order valence-electron chi connectivity index (χ4n) is 5.60. The molecular formula is C17H19NO5. The highest BCUT2D eigenvalue weighted by Gasteiger charge is 2.69. The number of hydrogen-bond donors (Lipinski definition) is 3. The van der Waals surface area contributed by atoms with E-state index in [1.807, 2.05) is 11.9 Å². The van der Waals surface area contributed by atoms with Crippen molar-refractivity contribution in [2.75, 3.05) is 13.6 Å². The zero-order valence-corrected chi connectivity index (χ0v) is 12.8. The molecule has 122 valence electrons. The van der Waals surface area contributed by atoms with Crippen molar-refractivity contribution >= 4 is 5.78 Å². The number of likely N-dealkylation sites (N-methyl/N-ethyl adjacent to an activating group) is 1. The summed E-state index contributed by atoms with van der Waals surface area (Å²) in [6.07, 6.45) is -1.19. The van der Waals surface area contributed by atoms with Crippen molar-refractivity contribution in [1.29, 1.82) is 0 Å². The van der Waals surface area contributed by atoms with Gasteiger partial charge in [-0.2, -0.15) is 0 Å². The number of carbonyl (C=O) groups excluding carboxylic acids is 1. The third-order valence-electron chi connectivity index (χ3n) is 6.42. The van der Waals surface area contributed by atoms with Gasteiger partial charge in [-0.1, -0.05) is 0 Å². The van der Waals surface area contributed by atoms with Gasteiger partial charge < -0.3 is 20.1 Å². The molecule has 6 atom stereocenters. The van der Waals surface area contributed by atoms with Gasteiger partial charge in [0.1, 0.15) is 6.10 Å². The first-order valence-corrected chi connectivity index (χ1v) is 8.10. The van der Waals surface area contributed by atoms with Crippen LogP contribution < -0.4 is 4.74 Å². The molecule has 1 aromatic rings. The molecular weight excluding hydrogens is 298 g/mol. The molecule has 1 spiro atoms. The molecule has 1 unspecified atom stereocenters. The normalized spacial score (nSPS) is 44.0. The molecule has 2 aliphatic carbocycles. The number of nitrogens with zero attached hydrogens (tertiary/aromatic N) is 1. The van der Waals surface area contributed by atoms with E-state index in [9.17, 15) is 20.1 Å². The summed E-state index contributed by atoms with van der Waals surface area (Å²) in [4.78, 5) is 15.0. The van der Waals surface area contributed by atoms with Crippen LogP contribution in [0.25, 0.3) is 0 Å².